The van der Waals surface area contributed by atoms with Crippen molar-refractivity contribution in [2.75, 3.05) is 6.61 Å². The maximum atomic E-state index is 14.1. The van der Waals surface area contributed by atoms with E-state index in [0.717, 1.165) is 5.39 Å². The third-order valence-electron chi connectivity index (χ3n) is 3.18. The van der Waals surface area contributed by atoms with Crippen LogP contribution in [0.15, 0.2) is 36.5 Å². The van der Waals surface area contributed by atoms with Crippen LogP contribution in [0.3, 0.4) is 0 Å². The summed E-state index contributed by atoms with van der Waals surface area (Å²) in [6.07, 6.45) is 1.47. The summed E-state index contributed by atoms with van der Waals surface area (Å²) in [4.78, 5) is 11.8. The first-order valence-electron chi connectivity index (χ1n) is 6.19. The molecule has 102 valence electrons. The minimum atomic E-state index is -1.18. The zero-order chi connectivity index (χ0) is 14.3. The number of hydrogen-bond donors (Lipinski definition) is 0. The number of hydrogen-bond acceptors (Lipinski definition) is 2. The van der Waals surface area contributed by atoms with Crippen molar-refractivity contribution in [3.63, 3.8) is 0 Å². The van der Waals surface area contributed by atoms with Gasteiger partial charge in [-0.05, 0) is 18.4 Å². The molecule has 3 rings (SSSR count). The summed E-state index contributed by atoms with van der Waals surface area (Å²) in [6.45, 7) is 1.71. The van der Waals surface area contributed by atoms with Crippen LogP contribution in [0.5, 0.6) is 0 Å². The highest BCUT2D eigenvalue weighted by atomic mass is 19.2. The summed E-state index contributed by atoms with van der Waals surface area (Å²) in [6, 6.07) is 8.72. The zero-order valence-corrected chi connectivity index (χ0v) is 10.7. The Morgan fingerprint density at radius 2 is 1.95 bits per heavy atom. The van der Waals surface area contributed by atoms with Crippen LogP contribution in [0.4, 0.5) is 8.78 Å². The number of fused-ring (bicyclic) bond motifs is 3. The Labute approximate surface area is 113 Å². The van der Waals surface area contributed by atoms with Gasteiger partial charge in [0.25, 0.3) is 0 Å². The van der Waals surface area contributed by atoms with E-state index >= 15 is 0 Å². The molecule has 1 aromatic carbocycles. The number of carbonyl (C=O) groups excluding carboxylic acids is 1. The maximum Gasteiger partial charge on any atom is 0.358 e. The number of nitrogens with zero attached hydrogens (tertiary/aromatic N) is 1. The van der Waals surface area contributed by atoms with Crippen molar-refractivity contribution in [2.45, 2.75) is 6.92 Å². The number of pyridine rings is 1. The predicted octanol–water partition coefficient (Wildman–Crippen LogP) is 3.55. The highest BCUT2D eigenvalue weighted by Gasteiger charge is 2.26. The van der Waals surface area contributed by atoms with Crippen molar-refractivity contribution in [3.8, 4) is 0 Å². The highest BCUT2D eigenvalue weighted by molar-refractivity contribution is 5.99. The van der Waals surface area contributed by atoms with Gasteiger partial charge in [0, 0.05) is 11.6 Å². The van der Waals surface area contributed by atoms with Crippen molar-refractivity contribution in [1.29, 1.82) is 0 Å². The molecular formula is C15H11F2NO2. The van der Waals surface area contributed by atoms with E-state index in [-0.39, 0.29) is 12.1 Å². The smallest absolute Gasteiger partial charge is 0.358 e. The molecule has 0 aliphatic carbocycles. The third-order valence-corrected chi connectivity index (χ3v) is 3.18. The van der Waals surface area contributed by atoms with Crippen molar-refractivity contribution in [2.24, 2.45) is 0 Å². The van der Waals surface area contributed by atoms with Gasteiger partial charge >= 0.3 is 5.97 Å². The zero-order valence-electron chi connectivity index (χ0n) is 10.7. The number of ether oxygens (including phenoxy) is 1. The third kappa shape index (κ3) is 1.66. The number of carbonyl (C=O) groups is 1. The van der Waals surface area contributed by atoms with Gasteiger partial charge in [-0.2, -0.15) is 0 Å². The fraction of sp³-hybridized carbons (Fsp3) is 0.133. The topological polar surface area (TPSA) is 30.7 Å². The quantitative estimate of drug-likeness (QED) is 0.670. The standard InChI is InChI=1S/C15H11F2NO2/c1-2-20-15(19)14-12(17)11(16)13-10-6-4-3-5-9(10)7-8-18(13)14/h3-8H,2H2,1H3. The van der Waals surface area contributed by atoms with E-state index in [1.54, 1.807) is 31.2 Å². The molecule has 5 heteroatoms. The molecule has 0 aliphatic rings. The molecule has 3 nitrogen and oxygen atoms in total. The van der Waals surface area contributed by atoms with E-state index < -0.39 is 23.3 Å². The monoisotopic (exact) mass is 275 g/mol. The van der Waals surface area contributed by atoms with Gasteiger partial charge in [0.05, 0.1) is 12.1 Å². The summed E-state index contributed by atoms with van der Waals surface area (Å²) in [5.74, 6) is -3.09. The van der Waals surface area contributed by atoms with E-state index in [9.17, 15) is 13.6 Å². The van der Waals surface area contributed by atoms with E-state index in [1.165, 1.54) is 10.6 Å². The minimum absolute atomic E-state index is 0.0450. The highest BCUT2D eigenvalue weighted by Crippen LogP contribution is 2.28. The molecule has 0 unspecified atom stereocenters. The van der Waals surface area contributed by atoms with Crippen LogP contribution in [0, 0.1) is 11.6 Å². The summed E-state index contributed by atoms with van der Waals surface area (Å²) in [7, 11) is 0. The normalized spacial score (nSPS) is 11.2. The van der Waals surface area contributed by atoms with E-state index in [0.29, 0.717) is 5.39 Å². The molecule has 2 heterocycles. The fourth-order valence-electron chi connectivity index (χ4n) is 2.33. The summed E-state index contributed by atoms with van der Waals surface area (Å²) < 4.78 is 34.1. The molecule has 0 spiro atoms. The second kappa shape index (κ2) is 4.59. The maximum absolute atomic E-state index is 14.1. The molecule has 2 aromatic heterocycles. The molecule has 0 saturated carbocycles. The molecule has 0 atom stereocenters. The van der Waals surface area contributed by atoms with Crippen molar-refractivity contribution < 1.29 is 18.3 Å². The summed E-state index contributed by atoms with van der Waals surface area (Å²) in [5, 5.41) is 1.31. The lowest BCUT2D eigenvalue weighted by molar-refractivity contribution is 0.0512. The molecule has 0 amide bonds. The average molecular weight is 275 g/mol. The lowest BCUT2D eigenvalue weighted by Crippen LogP contribution is -2.09. The minimum Gasteiger partial charge on any atom is -0.461 e. The van der Waals surface area contributed by atoms with Crippen LogP contribution < -0.4 is 0 Å². The number of esters is 1. The number of rotatable bonds is 2. The molecule has 0 radical (unpaired) electrons. The Kier molecular flexibility index (Phi) is 2.89. The van der Waals surface area contributed by atoms with Crippen molar-refractivity contribution >= 4 is 22.3 Å². The molecule has 20 heavy (non-hydrogen) atoms. The van der Waals surface area contributed by atoms with Gasteiger partial charge in [-0.1, -0.05) is 24.3 Å². The lowest BCUT2D eigenvalue weighted by atomic mass is 10.1. The number of aromatic nitrogens is 1. The largest absolute Gasteiger partial charge is 0.461 e. The van der Waals surface area contributed by atoms with Crippen LogP contribution in [0.1, 0.15) is 17.4 Å². The van der Waals surface area contributed by atoms with Crippen molar-refractivity contribution in [1.82, 2.24) is 4.40 Å². The van der Waals surface area contributed by atoms with Crippen molar-refractivity contribution in [3.05, 3.63) is 53.9 Å². The van der Waals surface area contributed by atoms with Gasteiger partial charge in [-0.3, -0.25) is 0 Å². The van der Waals surface area contributed by atoms with Crippen LogP contribution in [0.25, 0.3) is 16.3 Å². The van der Waals surface area contributed by atoms with Crippen LogP contribution >= 0.6 is 0 Å². The second-order valence-electron chi connectivity index (χ2n) is 4.32. The Balaban J connectivity index is 2.41. The van der Waals surface area contributed by atoms with Gasteiger partial charge in [-0.25, -0.2) is 13.6 Å². The van der Waals surface area contributed by atoms with Crippen LogP contribution in [0.2, 0.25) is 0 Å². The Morgan fingerprint density at radius 1 is 1.20 bits per heavy atom. The second-order valence-corrected chi connectivity index (χ2v) is 4.32. The van der Waals surface area contributed by atoms with E-state index in [2.05, 4.69) is 0 Å². The Bertz CT molecular complexity index is 823. The SMILES string of the molecule is CCOC(=O)c1c(F)c(F)c2c3ccccc3ccn12. The first-order chi connectivity index (χ1) is 9.65. The number of benzene rings is 1. The molecule has 0 bridgehead atoms. The molecule has 0 saturated heterocycles. The summed E-state index contributed by atoms with van der Waals surface area (Å²) in [5.41, 5.74) is -0.367. The van der Waals surface area contributed by atoms with Gasteiger partial charge in [0.2, 0.25) is 0 Å². The van der Waals surface area contributed by atoms with E-state index in [1.807, 2.05) is 6.07 Å². The van der Waals surface area contributed by atoms with Gasteiger partial charge in [0.1, 0.15) is 0 Å². The first-order valence-corrected chi connectivity index (χ1v) is 6.19. The Hall–Kier alpha value is -2.43. The van der Waals surface area contributed by atoms with Gasteiger partial charge in [-0.15, -0.1) is 0 Å². The fourth-order valence-corrected chi connectivity index (χ4v) is 2.33. The molecule has 0 N–H and O–H groups in total. The predicted molar refractivity (Wildman–Crippen MR) is 70.8 cm³/mol. The summed E-state index contributed by atoms with van der Waals surface area (Å²) >= 11 is 0. The molecule has 0 aliphatic heterocycles. The van der Waals surface area contributed by atoms with Crippen LogP contribution in [-0.4, -0.2) is 17.0 Å². The van der Waals surface area contributed by atoms with E-state index in [4.69, 9.17) is 4.74 Å². The average Bonchev–Trinajstić information content (AvgIpc) is 2.71. The van der Waals surface area contributed by atoms with Gasteiger partial charge in [0.15, 0.2) is 17.3 Å². The molecular weight excluding hydrogens is 264 g/mol. The molecule has 0 fully saturated rings. The number of halogens is 2. The Morgan fingerprint density at radius 3 is 2.70 bits per heavy atom. The molecule has 3 aromatic rings. The first kappa shape index (κ1) is 12.6. The van der Waals surface area contributed by atoms with Crippen LogP contribution in [-0.2, 0) is 4.74 Å². The lowest BCUT2D eigenvalue weighted by Gasteiger charge is -2.04. The van der Waals surface area contributed by atoms with Gasteiger partial charge < -0.3 is 9.14 Å².